The summed E-state index contributed by atoms with van der Waals surface area (Å²) >= 11 is 0. The van der Waals surface area contributed by atoms with E-state index in [2.05, 4.69) is 10.1 Å². The third kappa shape index (κ3) is 3.54. The van der Waals surface area contributed by atoms with Crippen LogP contribution in [0.15, 0.2) is 12.3 Å². The molecule has 20 heavy (non-hydrogen) atoms. The van der Waals surface area contributed by atoms with Crippen molar-refractivity contribution in [1.29, 1.82) is 0 Å². The zero-order valence-corrected chi connectivity index (χ0v) is 11.0. The highest BCUT2D eigenvalue weighted by Crippen LogP contribution is 2.16. The Bertz CT molecular complexity index is 524. The molecule has 1 amide bonds. The molecule has 110 valence electrons. The summed E-state index contributed by atoms with van der Waals surface area (Å²) in [6.45, 7) is 1.88. The van der Waals surface area contributed by atoms with Crippen LogP contribution in [0.3, 0.4) is 0 Å². The van der Waals surface area contributed by atoms with Crippen LogP contribution in [-0.4, -0.2) is 46.2 Å². The molecule has 0 fully saturated rings. The average molecular weight is 285 g/mol. The van der Waals surface area contributed by atoms with Gasteiger partial charge in [-0.15, -0.1) is 0 Å². The van der Waals surface area contributed by atoms with E-state index in [1.807, 2.05) is 0 Å². The first-order valence-electron chi connectivity index (χ1n) is 5.79. The minimum Gasteiger partial charge on any atom is -0.479 e. The van der Waals surface area contributed by atoms with Crippen LogP contribution in [0.5, 0.6) is 0 Å². The highest BCUT2D eigenvalue weighted by Gasteiger charge is 2.21. The number of nitro groups is 1. The van der Waals surface area contributed by atoms with Gasteiger partial charge in [0.1, 0.15) is 5.69 Å². The zero-order valence-electron chi connectivity index (χ0n) is 11.0. The second-order valence-corrected chi connectivity index (χ2v) is 3.90. The van der Waals surface area contributed by atoms with Crippen molar-refractivity contribution in [3.63, 3.8) is 0 Å². The fourth-order valence-electron chi connectivity index (χ4n) is 1.59. The van der Waals surface area contributed by atoms with Gasteiger partial charge < -0.3 is 19.7 Å². The lowest BCUT2D eigenvalue weighted by Crippen LogP contribution is -2.38. The summed E-state index contributed by atoms with van der Waals surface area (Å²) < 4.78 is 6.08. The molecule has 1 rings (SSSR count). The second kappa shape index (κ2) is 6.66. The third-order valence-corrected chi connectivity index (χ3v) is 2.67. The normalized spacial score (nSPS) is 11.9. The first kappa shape index (κ1) is 15.6. The van der Waals surface area contributed by atoms with Gasteiger partial charge in [0, 0.05) is 19.7 Å². The van der Waals surface area contributed by atoms with Crippen LogP contribution in [0.1, 0.15) is 17.4 Å². The maximum Gasteiger partial charge on any atom is 0.334 e. The number of aromatic nitrogens is 1. The van der Waals surface area contributed by atoms with E-state index in [1.54, 1.807) is 6.92 Å². The Kier molecular flexibility index (Phi) is 5.21. The first-order valence-corrected chi connectivity index (χ1v) is 5.79. The average Bonchev–Trinajstić information content (AvgIpc) is 2.83. The van der Waals surface area contributed by atoms with Crippen LogP contribution < -0.4 is 5.32 Å². The predicted octanol–water partition coefficient (Wildman–Crippen LogP) is 0.246. The maximum atomic E-state index is 11.9. The molecule has 1 unspecified atom stereocenters. The number of aliphatic carboxylic acids is 1. The van der Waals surface area contributed by atoms with Gasteiger partial charge in [-0.25, -0.2) is 4.79 Å². The van der Waals surface area contributed by atoms with Gasteiger partial charge in [0.25, 0.3) is 11.6 Å². The Morgan fingerprint density at radius 3 is 2.70 bits per heavy atom. The molecule has 2 N–H and O–H groups in total. The monoisotopic (exact) mass is 285 g/mol. The van der Waals surface area contributed by atoms with E-state index >= 15 is 0 Å². The van der Waals surface area contributed by atoms with Crippen molar-refractivity contribution in [3.05, 3.63) is 28.1 Å². The Balaban J connectivity index is 2.81. The van der Waals surface area contributed by atoms with E-state index < -0.39 is 22.9 Å². The Labute approximate surface area is 114 Å². The van der Waals surface area contributed by atoms with Gasteiger partial charge in [-0.1, -0.05) is 0 Å². The van der Waals surface area contributed by atoms with Crippen LogP contribution in [0.25, 0.3) is 0 Å². The molecular weight excluding hydrogens is 270 g/mol. The van der Waals surface area contributed by atoms with Crippen molar-refractivity contribution < 1.29 is 24.4 Å². The number of methoxy groups -OCH3 is 1. The smallest absolute Gasteiger partial charge is 0.334 e. The summed E-state index contributed by atoms with van der Waals surface area (Å²) in [6.07, 6.45) is 0.0823. The summed E-state index contributed by atoms with van der Waals surface area (Å²) in [6, 6.07) is 1.14. The maximum absolute atomic E-state index is 11.9. The fraction of sp³-hybridized carbons (Fsp3) is 0.455. The van der Waals surface area contributed by atoms with Crippen LogP contribution in [0.4, 0.5) is 5.69 Å². The summed E-state index contributed by atoms with van der Waals surface area (Å²) in [5.74, 6) is -1.80. The molecule has 1 aromatic heterocycles. The number of carbonyl (C=O) groups excluding carboxylic acids is 1. The van der Waals surface area contributed by atoms with Crippen molar-refractivity contribution >= 4 is 17.6 Å². The van der Waals surface area contributed by atoms with Crippen LogP contribution >= 0.6 is 0 Å². The summed E-state index contributed by atoms with van der Waals surface area (Å²) in [7, 11) is 1.21. The molecule has 0 aliphatic heterocycles. The zero-order chi connectivity index (χ0) is 15.3. The fourth-order valence-corrected chi connectivity index (χ4v) is 1.59. The van der Waals surface area contributed by atoms with E-state index in [4.69, 9.17) is 5.11 Å². The Morgan fingerprint density at radius 1 is 1.60 bits per heavy atom. The lowest BCUT2D eigenvalue weighted by atomic mass is 10.3. The lowest BCUT2D eigenvalue weighted by Gasteiger charge is -2.12. The number of nitrogens with one attached hydrogen (secondary N) is 1. The van der Waals surface area contributed by atoms with E-state index in [1.165, 1.54) is 17.9 Å². The van der Waals surface area contributed by atoms with Crippen LogP contribution in [0.2, 0.25) is 0 Å². The number of aryl methyl sites for hydroxylation is 1. The Hall–Kier alpha value is -2.42. The molecule has 0 aliphatic carbocycles. The summed E-state index contributed by atoms with van der Waals surface area (Å²) in [5, 5.41) is 21.8. The first-order chi connectivity index (χ1) is 9.40. The quantitative estimate of drug-likeness (QED) is 0.546. The van der Waals surface area contributed by atoms with Gasteiger partial charge in [-0.2, -0.15) is 0 Å². The van der Waals surface area contributed by atoms with Crippen molar-refractivity contribution in [1.82, 2.24) is 9.88 Å². The lowest BCUT2D eigenvalue weighted by molar-refractivity contribution is -0.384. The molecule has 9 nitrogen and oxygen atoms in total. The minimum atomic E-state index is -1.20. The molecule has 0 saturated carbocycles. The molecule has 0 saturated heterocycles. The standard InChI is InChI=1S/C11H15N3O6/c1-3-13-6-7(14(18)19)4-8(13)10(15)12-5-9(20-2)11(16)17/h4,6,9H,3,5H2,1-2H3,(H,12,15)(H,16,17). The number of amides is 1. The predicted molar refractivity (Wildman–Crippen MR) is 67.5 cm³/mol. The second-order valence-electron chi connectivity index (χ2n) is 3.90. The number of rotatable bonds is 7. The molecule has 1 aromatic rings. The number of ether oxygens (including phenoxy) is 1. The number of carbonyl (C=O) groups is 2. The van der Waals surface area contributed by atoms with Crippen LogP contribution in [-0.2, 0) is 16.1 Å². The van der Waals surface area contributed by atoms with E-state index in [0.29, 0.717) is 6.54 Å². The molecular formula is C11H15N3O6. The molecule has 1 atom stereocenters. The van der Waals surface area contributed by atoms with Gasteiger partial charge in [0.05, 0.1) is 17.7 Å². The third-order valence-electron chi connectivity index (χ3n) is 2.67. The molecule has 0 aliphatic rings. The SMILES string of the molecule is CCn1cc([N+](=O)[O-])cc1C(=O)NCC(OC)C(=O)O. The molecule has 0 spiro atoms. The largest absolute Gasteiger partial charge is 0.479 e. The molecule has 0 bridgehead atoms. The molecule has 1 heterocycles. The number of carboxylic acids is 1. The Morgan fingerprint density at radius 2 is 2.25 bits per heavy atom. The molecule has 9 heteroatoms. The van der Waals surface area contributed by atoms with E-state index in [-0.39, 0.29) is 17.9 Å². The number of hydrogen-bond acceptors (Lipinski definition) is 5. The van der Waals surface area contributed by atoms with Crippen molar-refractivity contribution in [2.75, 3.05) is 13.7 Å². The van der Waals surface area contributed by atoms with Crippen LogP contribution in [0, 0.1) is 10.1 Å². The van der Waals surface area contributed by atoms with Gasteiger partial charge in [0.2, 0.25) is 0 Å². The van der Waals surface area contributed by atoms with Gasteiger partial charge in [0.15, 0.2) is 6.10 Å². The van der Waals surface area contributed by atoms with Crippen molar-refractivity contribution in [2.45, 2.75) is 19.6 Å². The van der Waals surface area contributed by atoms with Gasteiger partial charge in [-0.05, 0) is 6.92 Å². The minimum absolute atomic E-state index is 0.0967. The highest BCUT2D eigenvalue weighted by molar-refractivity contribution is 5.93. The summed E-state index contributed by atoms with van der Waals surface area (Å²) in [4.78, 5) is 32.7. The topological polar surface area (TPSA) is 124 Å². The van der Waals surface area contributed by atoms with E-state index in [9.17, 15) is 19.7 Å². The number of nitrogens with zero attached hydrogens (tertiary/aromatic N) is 2. The van der Waals surface area contributed by atoms with Crippen molar-refractivity contribution in [3.8, 4) is 0 Å². The van der Waals surface area contributed by atoms with Crippen molar-refractivity contribution in [2.24, 2.45) is 0 Å². The molecule has 0 aromatic carbocycles. The summed E-state index contributed by atoms with van der Waals surface area (Å²) in [5.41, 5.74) is -0.0991. The highest BCUT2D eigenvalue weighted by atomic mass is 16.6. The number of hydrogen-bond donors (Lipinski definition) is 2. The number of carboxylic acid groups (broad SMARTS) is 1. The van der Waals surface area contributed by atoms with Gasteiger partial charge in [-0.3, -0.25) is 14.9 Å². The van der Waals surface area contributed by atoms with E-state index in [0.717, 1.165) is 6.07 Å². The molecule has 0 radical (unpaired) electrons. The van der Waals surface area contributed by atoms with Gasteiger partial charge >= 0.3 is 5.97 Å².